The highest BCUT2D eigenvalue weighted by Gasteiger charge is 2.45. The molecule has 0 aromatic rings. The molecule has 1 saturated heterocycles. The summed E-state index contributed by atoms with van der Waals surface area (Å²) < 4.78 is 10.7. The van der Waals surface area contributed by atoms with Crippen molar-refractivity contribution >= 4 is 5.97 Å². The number of ether oxygens (including phenoxy) is 2. The molecule has 16 heavy (non-hydrogen) atoms. The van der Waals surface area contributed by atoms with E-state index in [1.54, 1.807) is 20.8 Å². The van der Waals surface area contributed by atoms with Gasteiger partial charge >= 0.3 is 5.97 Å². The first-order valence-corrected chi connectivity index (χ1v) is 5.74. The Morgan fingerprint density at radius 1 is 1.31 bits per heavy atom. The van der Waals surface area contributed by atoms with Gasteiger partial charge in [-0.1, -0.05) is 0 Å². The molecule has 1 heterocycles. The average Bonchev–Trinajstić information content (AvgIpc) is 1.97. The summed E-state index contributed by atoms with van der Waals surface area (Å²) in [5.74, 6) is -0.540. The second-order valence-corrected chi connectivity index (χ2v) is 5.70. The Morgan fingerprint density at radius 3 is 2.12 bits per heavy atom. The van der Waals surface area contributed by atoms with Crippen LogP contribution >= 0.6 is 0 Å². The Labute approximate surface area is 96.9 Å². The number of rotatable bonds is 1. The molecule has 4 heteroatoms. The third-order valence-electron chi connectivity index (χ3n) is 2.49. The molecule has 1 N–H and O–H groups in total. The monoisotopic (exact) mass is 230 g/mol. The molecule has 0 bridgehead atoms. The van der Waals surface area contributed by atoms with Gasteiger partial charge in [0.15, 0.2) is 5.60 Å². The Kier molecular flexibility index (Phi) is 3.65. The van der Waals surface area contributed by atoms with Crippen LogP contribution in [0.5, 0.6) is 0 Å². The quantitative estimate of drug-likeness (QED) is 0.696. The van der Waals surface area contributed by atoms with Crippen LogP contribution in [-0.4, -0.2) is 34.5 Å². The zero-order chi connectivity index (χ0) is 12.6. The van der Waals surface area contributed by atoms with E-state index >= 15 is 0 Å². The molecule has 1 aliphatic heterocycles. The minimum atomic E-state index is -1.40. The predicted molar refractivity (Wildman–Crippen MR) is 60.0 cm³/mol. The molecule has 0 saturated carbocycles. The lowest BCUT2D eigenvalue weighted by Crippen LogP contribution is -2.51. The van der Waals surface area contributed by atoms with Crippen molar-refractivity contribution in [2.24, 2.45) is 0 Å². The molecule has 0 aromatic heterocycles. The van der Waals surface area contributed by atoms with Crippen molar-refractivity contribution in [3.8, 4) is 0 Å². The van der Waals surface area contributed by atoms with E-state index in [1.165, 1.54) is 0 Å². The number of hydrogen-bond donors (Lipinski definition) is 1. The van der Waals surface area contributed by atoms with Crippen molar-refractivity contribution < 1.29 is 19.4 Å². The molecule has 0 aliphatic carbocycles. The first kappa shape index (κ1) is 13.5. The van der Waals surface area contributed by atoms with Crippen molar-refractivity contribution in [3.05, 3.63) is 0 Å². The fraction of sp³-hybridized carbons (Fsp3) is 0.917. The number of aliphatic hydroxyl groups is 1. The first-order valence-electron chi connectivity index (χ1n) is 5.74. The maximum atomic E-state index is 11.9. The van der Waals surface area contributed by atoms with Crippen molar-refractivity contribution in [1.29, 1.82) is 0 Å². The summed E-state index contributed by atoms with van der Waals surface area (Å²) in [5, 5.41) is 10.3. The summed E-state index contributed by atoms with van der Waals surface area (Å²) in [6.45, 7) is 9.08. The maximum Gasteiger partial charge on any atom is 0.338 e. The summed E-state index contributed by atoms with van der Waals surface area (Å²) in [4.78, 5) is 11.9. The van der Waals surface area contributed by atoms with Gasteiger partial charge in [-0.2, -0.15) is 0 Å². The molecule has 1 fully saturated rings. The van der Waals surface area contributed by atoms with Gasteiger partial charge < -0.3 is 14.6 Å². The molecule has 0 radical (unpaired) electrons. The fourth-order valence-corrected chi connectivity index (χ4v) is 2.07. The molecule has 94 valence electrons. The van der Waals surface area contributed by atoms with Crippen LogP contribution in [0.2, 0.25) is 0 Å². The van der Waals surface area contributed by atoms with Gasteiger partial charge in [-0.25, -0.2) is 4.79 Å². The second kappa shape index (κ2) is 4.34. The molecule has 0 spiro atoms. The number of hydrogen-bond acceptors (Lipinski definition) is 4. The van der Waals surface area contributed by atoms with E-state index in [2.05, 4.69) is 0 Å². The molecule has 0 unspecified atom stereocenters. The van der Waals surface area contributed by atoms with E-state index < -0.39 is 17.2 Å². The van der Waals surface area contributed by atoms with Gasteiger partial charge in [-0.05, 0) is 34.6 Å². The average molecular weight is 230 g/mol. The highest BCUT2D eigenvalue weighted by molar-refractivity contribution is 5.79. The van der Waals surface area contributed by atoms with E-state index in [0.717, 1.165) is 0 Å². The van der Waals surface area contributed by atoms with Crippen LogP contribution in [0.15, 0.2) is 0 Å². The SMILES string of the molecule is C[C@@H]1CC(O)(C(=O)OC(C)(C)C)C[C@@H](C)O1. The van der Waals surface area contributed by atoms with Crippen LogP contribution in [0.4, 0.5) is 0 Å². The van der Waals surface area contributed by atoms with Crippen molar-refractivity contribution in [2.45, 2.75) is 70.9 Å². The number of carbonyl (C=O) groups is 1. The third kappa shape index (κ3) is 3.46. The fourth-order valence-electron chi connectivity index (χ4n) is 2.07. The van der Waals surface area contributed by atoms with Gasteiger partial charge in [0.25, 0.3) is 0 Å². The third-order valence-corrected chi connectivity index (χ3v) is 2.49. The van der Waals surface area contributed by atoms with Crippen LogP contribution in [0.1, 0.15) is 47.5 Å². The standard InChI is InChI=1S/C12H22O4/c1-8-6-12(14,7-9(2)15-8)10(13)16-11(3,4)5/h8-9,14H,6-7H2,1-5H3/t8-,9-/m1/s1. The van der Waals surface area contributed by atoms with E-state index in [0.29, 0.717) is 12.8 Å². The highest BCUT2D eigenvalue weighted by atomic mass is 16.6. The highest BCUT2D eigenvalue weighted by Crippen LogP contribution is 2.31. The molecule has 2 atom stereocenters. The first-order chi connectivity index (χ1) is 7.12. The summed E-state index contributed by atoms with van der Waals surface area (Å²) >= 11 is 0. The smallest absolute Gasteiger partial charge is 0.338 e. The Bertz CT molecular complexity index is 257. The number of carbonyl (C=O) groups excluding carboxylic acids is 1. The molecular formula is C12H22O4. The van der Waals surface area contributed by atoms with E-state index in [9.17, 15) is 9.90 Å². The molecule has 0 amide bonds. The van der Waals surface area contributed by atoms with E-state index in [4.69, 9.17) is 9.47 Å². The molecule has 4 nitrogen and oxygen atoms in total. The molecule has 1 rings (SSSR count). The van der Waals surface area contributed by atoms with Crippen LogP contribution in [0, 0.1) is 0 Å². The second-order valence-electron chi connectivity index (χ2n) is 5.70. The summed E-state index contributed by atoms with van der Waals surface area (Å²) in [6.07, 6.45) is 0.348. The number of esters is 1. The van der Waals surface area contributed by atoms with Crippen molar-refractivity contribution in [1.82, 2.24) is 0 Å². The van der Waals surface area contributed by atoms with Crippen LogP contribution in [0.3, 0.4) is 0 Å². The Morgan fingerprint density at radius 2 is 1.75 bits per heavy atom. The lowest BCUT2D eigenvalue weighted by Gasteiger charge is -2.38. The minimum Gasteiger partial charge on any atom is -0.458 e. The summed E-state index contributed by atoms with van der Waals surface area (Å²) in [7, 11) is 0. The van der Waals surface area contributed by atoms with E-state index in [-0.39, 0.29) is 12.2 Å². The molecule has 1 aliphatic rings. The zero-order valence-corrected chi connectivity index (χ0v) is 10.7. The van der Waals surface area contributed by atoms with Gasteiger partial charge in [-0.3, -0.25) is 0 Å². The van der Waals surface area contributed by atoms with E-state index in [1.807, 2.05) is 13.8 Å². The Hall–Kier alpha value is -0.610. The molecular weight excluding hydrogens is 208 g/mol. The van der Waals surface area contributed by atoms with Gasteiger partial charge in [0.2, 0.25) is 0 Å². The van der Waals surface area contributed by atoms with Crippen LogP contribution in [0.25, 0.3) is 0 Å². The van der Waals surface area contributed by atoms with Crippen LogP contribution < -0.4 is 0 Å². The van der Waals surface area contributed by atoms with Gasteiger partial charge in [0.1, 0.15) is 5.60 Å². The largest absolute Gasteiger partial charge is 0.458 e. The Balaban J connectivity index is 2.72. The van der Waals surface area contributed by atoms with Crippen LogP contribution in [-0.2, 0) is 14.3 Å². The van der Waals surface area contributed by atoms with Crippen molar-refractivity contribution in [3.63, 3.8) is 0 Å². The predicted octanol–water partition coefficient (Wildman–Crippen LogP) is 1.65. The topological polar surface area (TPSA) is 55.8 Å². The normalized spacial score (nSPS) is 35.9. The maximum absolute atomic E-state index is 11.9. The van der Waals surface area contributed by atoms with Gasteiger partial charge in [0, 0.05) is 12.8 Å². The summed E-state index contributed by atoms with van der Waals surface area (Å²) in [6, 6.07) is 0. The lowest BCUT2D eigenvalue weighted by atomic mass is 9.87. The van der Waals surface area contributed by atoms with Crippen molar-refractivity contribution in [2.75, 3.05) is 0 Å². The summed E-state index contributed by atoms with van der Waals surface area (Å²) in [5.41, 5.74) is -1.97. The van der Waals surface area contributed by atoms with Gasteiger partial charge in [-0.15, -0.1) is 0 Å². The lowest BCUT2D eigenvalue weighted by molar-refractivity contribution is -0.196. The zero-order valence-electron chi connectivity index (χ0n) is 10.7. The molecule has 0 aromatic carbocycles. The minimum absolute atomic E-state index is 0.124. The van der Waals surface area contributed by atoms with Gasteiger partial charge in [0.05, 0.1) is 12.2 Å².